The monoisotopic (exact) mass is 281 g/mol. The van der Waals surface area contributed by atoms with Crippen molar-refractivity contribution in [3.63, 3.8) is 0 Å². The first-order chi connectivity index (χ1) is 8.87. The standard InChI is InChI=1S/C13H26F3N3/c1-12(4-3-5-13(14,15)16)17-6-7-19-10-8-18(2)9-11-19/h12,17H,3-11H2,1-2H3. The van der Waals surface area contributed by atoms with E-state index in [9.17, 15) is 13.2 Å². The van der Waals surface area contributed by atoms with Crippen LogP contribution in [-0.4, -0.2) is 68.3 Å². The Balaban J connectivity index is 1.99. The maximum Gasteiger partial charge on any atom is 0.389 e. The molecule has 114 valence electrons. The predicted molar refractivity (Wildman–Crippen MR) is 71.3 cm³/mol. The lowest BCUT2D eigenvalue weighted by Gasteiger charge is -2.32. The Hall–Kier alpha value is -0.330. The maximum absolute atomic E-state index is 12.0. The first-order valence-corrected chi connectivity index (χ1v) is 7.08. The molecule has 0 spiro atoms. The zero-order valence-corrected chi connectivity index (χ0v) is 12.0. The van der Waals surface area contributed by atoms with Gasteiger partial charge in [-0.15, -0.1) is 0 Å². The quantitative estimate of drug-likeness (QED) is 0.769. The number of piperazine rings is 1. The van der Waals surface area contributed by atoms with Crippen LogP contribution in [0.1, 0.15) is 26.2 Å². The van der Waals surface area contributed by atoms with Crippen LogP contribution >= 0.6 is 0 Å². The highest BCUT2D eigenvalue weighted by molar-refractivity contribution is 4.71. The molecule has 0 aromatic rings. The number of nitrogens with one attached hydrogen (secondary N) is 1. The molecular formula is C13H26F3N3. The van der Waals surface area contributed by atoms with Gasteiger partial charge >= 0.3 is 6.18 Å². The second kappa shape index (κ2) is 8.07. The SMILES string of the molecule is CC(CCCC(F)(F)F)NCCN1CCN(C)CC1. The van der Waals surface area contributed by atoms with E-state index >= 15 is 0 Å². The van der Waals surface area contributed by atoms with E-state index in [1.165, 1.54) is 0 Å². The molecule has 1 aliphatic rings. The van der Waals surface area contributed by atoms with Crippen molar-refractivity contribution >= 4 is 0 Å². The van der Waals surface area contributed by atoms with Gasteiger partial charge in [-0.05, 0) is 26.8 Å². The molecule has 0 aromatic carbocycles. The Labute approximate surface area is 114 Å². The summed E-state index contributed by atoms with van der Waals surface area (Å²) in [6, 6.07) is 0.162. The van der Waals surface area contributed by atoms with Crippen LogP contribution in [0.25, 0.3) is 0 Å². The van der Waals surface area contributed by atoms with Crippen LogP contribution < -0.4 is 5.32 Å². The summed E-state index contributed by atoms with van der Waals surface area (Å²) in [5, 5.41) is 3.30. The first kappa shape index (κ1) is 16.7. The molecule has 1 atom stereocenters. The summed E-state index contributed by atoms with van der Waals surface area (Å²) in [5.41, 5.74) is 0. The van der Waals surface area contributed by atoms with Crippen LogP contribution in [0.3, 0.4) is 0 Å². The second-order valence-electron chi connectivity index (χ2n) is 5.51. The number of rotatable bonds is 7. The summed E-state index contributed by atoms with van der Waals surface area (Å²) in [7, 11) is 2.12. The van der Waals surface area contributed by atoms with Gasteiger partial charge in [0.2, 0.25) is 0 Å². The summed E-state index contributed by atoms with van der Waals surface area (Å²) in [4.78, 5) is 4.71. The molecule has 1 N–H and O–H groups in total. The van der Waals surface area contributed by atoms with Gasteiger partial charge in [-0.25, -0.2) is 0 Å². The van der Waals surface area contributed by atoms with Crippen LogP contribution in [0.5, 0.6) is 0 Å². The third-order valence-corrected chi connectivity index (χ3v) is 3.61. The molecule has 1 rings (SSSR count). The summed E-state index contributed by atoms with van der Waals surface area (Å²) in [6.07, 6.45) is -3.88. The van der Waals surface area contributed by atoms with Crippen molar-refractivity contribution in [2.75, 3.05) is 46.3 Å². The second-order valence-corrected chi connectivity index (χ2v) is 5.51. The highest BCUT2D eigenvalue weighted by Gasteiger charge is 2.26. The summed E-state index contributed by atoms with van der Waals surface area (Å²) in [5.74, 6) is 0. The molecule has 6 heteroatoms. The van der Waals surface area contributed by atoms with Gasteiger partial charge < -0.3 is 10.2 Å². The Morgan fingerprint density at radius 1 is 1.16 bits per heavy atom. The van der Waals surface area contributed by atoms with E-state index < -0.39 is 12.6 Å². The van der Waals surface area contributed by atoms with E-state index in [1.807, 2.05) is 6.92 Å². The van der Waals surface area contributed by atoms with Crippen molar-refractivity contribution < 1.29 is 13.2 Å². The van der Waals surface area contributed by atoms with Gasteiger partial charge in [0.15, 0.2) is 0 Å². The van der Waals surface area contributed by atoms with Crippen LogP contribution in [-0.2, 0) is 0 Å². The molecule has 1 saturated heterocycles. The molecule has 0 aliphatic carbocycles. The van der Waals surface area contributed by atoms with Crippen LogP contribution in [0.15, 0.2) is 0 Å². The van der Waals surface area contributed by atoms with Gasteiger partial charge in [0, 0.05) is 51.7 Å². The van der Waals surface area contributed by atoms with Gasteiger partial charge in [-0.3, -0.25) is 4.90 Å². The molecule has 1 fully saturated rings. The molecule has 0 radical (unpaired) electrons. The fourth-order valence-corrected chi connectivity index (χ4v) is 2.25. The van der Waals surface area contributed by atoms with Crippen molar-refractivity contribution in [3.8, 4) is 0 Å². The zero-order valence-electron chi connectivity index (χ0n) is 12.0. The lowest BCUT2D eigenvalue weighted by Crippen LogP contribution is -2.47. The molecule has 1 heterocycles. The van der Waals surface area contributed by atoms with E-state index in [2.05, 4.69) is 22.2 Å². The van der Waals surface area contributed by atoms with Crippen molar-refractivity contribution in [2.45, 2.75) is 38.4 Å². The summed E-state index contributed by atoms with van der Waals surface area (Å²) < 4.78 is 36.0. The van der Waals surface area contributed by atoms with Gasteiger partial charge in [-0.1, -0.05) is 0 Å². The van der Waals surface area contributed by atoms with Crippen LogP contribution in [0, 0.1) is 0 Å². The minimum atomic E-state index is -4.01. The van der Waals surface area contributed by atoms with Crippen LogP contribution in [0.4, 0.5) is 13.2 Å². The molecule has 0 bridgehead atoms. The maximum atomic E-state index is 12.0. The third-order valence-electron chi connectivity index (χ3n) is 3.61. The largest absolute Gasteiger partial charge is 0.389 e. The zero-order chi connectivity index (χ0) is 14.3. The average molecular weight is 281 g/mol. The lowest BCUT2D eigenvalue weighted by atomic mass is 10.1. The highest BCUT2D eigenvalue weighted by atomic mass is 19.4. The number of halogens is 3. The van der Waals surface area contributed by atoms with Gasteiger partial charge in [0.05, 0.1) is 0 Å². The third kappa shape index (κ3) is 8.44. The van der Waals surface area contributed by atoms with Crippen molar-refractivity contribution in [2.24, 2.45) is 0 Å². The number of hydrogen-bond donors (Lipinski definition) is 1. The Bertz CT molecular complexity index is 238. The minimum Gasteiger partial charge on any atom is -0.313 e. The molecule has 19 heavy (non-hydrogen) atoms. The average Bonchev–Trinajstić information content (AvgIpc) is 2.30. The van der Waals surface area contributed by atoms with E-state index in [-0.39, 0.29) is 12.5 Å². The minimum absolute atomic E-state index is 0.162. The Kier molecular flexibility index (Phi) is 7.10. The molecule has 0 amide bonds. The number of nitrogens with zero attached hydrogens (tertiary/aromatic N) is 2. The van der Waals surface area contributed by atoms with E-state index in [1.54, 1.807) is 0 Å². The molecule has 1 unspecified atom stereocenters. The fourth-order valence-electron chi connectivity index (χ4n) is 2.25. The Morgan fingerprint density at radius 2 is 1.79 bits per heavy atom. The molecule has 1 aliphatic heterocycles. The topological polar surface area (TPSA) is 18.5 Å². The normalized spacial score (nSPS) is 20.7. The fraction of sp³-hybridized carbons (Fsp3) is 1.00. The Morgan fingerprint density at radius 3 is 2.37 bits per heavy atom. The molecular weight excluding hydrogens is 255 g/mol. The predicted octanol–water partition coefficient (Wildman–Crippen LogP) is 1.94. The summed E-state index contributed by atoms with van der Waals surface area (Å²) >= 11 is 0. The van der Waals surface area contributed by atoms with Gasteiger partial charge in [0.1, 0.15) is 0 Å². The molecule has 0 saturated carbocycles. The number of alkyl halides is 3. The first-order valence-electron chi connectivity index (χ1n) is 7.08. The highest BCUT2D eigenvalue weighted by Crippen LogP contribution is 2.22. The van der Waals surface area contributed by atoms with Gasteiger partial charge in [0.25, 0.3) is 0 Å². The van der Waals surface area contributed by atoms with Crippen molar-refractivity contribution in [3.05, 3.63) is 0 Å². The molecule has 3 nitrogen and oxygen atoms in total. The van der Waals surface area contributed by atoms with Gasteiger partial charge in [-0.2, -0.15) is 13.2 Å². The number of hydrogen-bond acceptors (Lipinski definition) is 3. The summed E-state index contributed by atoms with van der Waals surface area (Å²) in [6.45, 7) is 8.16. The lowest BCUT2D eigenvalue weighted by molar-refractivity contribution is -0.135. The van der Waals surface area contributed by atoms with Crippen LogP contribution in [0.2, 0.25) is 0 Å². The van der Waals surface area contributed by atoms with Crippen molar-refractivity contribution in [1.82, 2.24) is 15.1 Å². The number of likely N-dealkylation sites (N-methyl/N-ethyl adjacent to an activating group) is 1. The van der Waals surface area contributed by atoms with E-state index in [0.29, 0.717) is 6.42 Å². The van der Waals surface area contributed by atoms with E-state index in [0.717, 1.165) is 39.3 Å². The molecule has 0 aromatic heterocycles. The van der Waals surface area contributed by atoms with E-state index in [4.69, 9.17) is 0 Å². The van der Waals surface area contributed by atoms with Crippen molar-refractivity contribution in [1.29, 1.82) is 0 Å². The smallest absolute Gasteiger partial charge is 0.313 e.